The number of carbonyl (C=O) groups excluding carboxylic acids is 1. The van der Waals surface area contributed by atoms with E-state index in [1.807, 2.05) is 20.8 Å². The van der Waals surface area contributed by atoms with Crippen LogP contribution in [0.15, 0.2) is 17.0 Å². The molecule has 0 saturated heterocycles. The molecule has 0 amide bonds. The first-order valence-electron chi connectivity index (χ1n) is 5.53. The molecule has 0 saturated carbocycles. The third-order valence-corrected chi connectivity index (χ3v) is 3.83. The van der Waals surface area contributed by atoms with Gasteiger partial charge in [-0.25, -0.2) is 8.42 Å². The largest absolute Gasteiger partial charge is 0.506 e. The number of rotatable bonds is 2. The molecule has 18 heavy (non-hydrogen) atoms. The van der Waals surface area contributed by atoms with Crippen LogP contribution in [0.25, 0.3) is 0 Å². The van der Waals surface area contributed by atoms with Crippen LogP contribution >= 0.6 is 0 Å². The van der Waals surface area contributed by atoms with Crippen LogP contribution in [0.3, 0.4) is 0 Å². The second kappa shape index (κ2) is 4.39. The molecule has 0 spiro atoms. The maximum Gasteiger partial charge on any atom is 0.179 e. The van der Waals surface area contributed by atoms with Gasteiger partial charge in [0.1, 0.15) is 10.6 Å². The average Bonchev–Trinajstić information content (AvgIpc) is 2.13. The minimum atomic E-state index is -3.57. The summed E-state index contributed by atoms with van der Waals surface area (Å²) in [6.45, 7) is 7.04. The predicted molar refractivity (Wildman–Crippen MR) is 69.9 cm³/mol. The van der Waals surface area contributed by atoms with Crippen LogP contribution in [0.5, 0.6) is 5.75 Å². The van der Waals surface area contributed by atoms with E-state index in [1.54, 1.807) is 6.07 Å². The second-order valence-electron chi connectivity index (χ2n) is 5.45. The van der Waals surface area contributed by atoms with Crippen LogP contribution in [0.2, 0.25) is 0 Å². The van der Waals surface area contributed by atoms with Gasteiger partial charge >= 0.3 is 0 Å². The Kier molecular flexibility index (Phi) is 3.58. The first kappa shape index (κ1) is 14.7. The van der Waals surface area contributed by atoms with Gasteiger partial charge in [-0.2, -0.15) is 0 Å². The number of sulfone groups is 1. The lowest BCUT2D eigenvalue weighted by atomic mass is 9.85. The third-order valence-electron chi connectivity index (χ3n) is 2.72. The van der Waals surface area contributed by atoms with Gasteiger partial charge < -0.3 is 5.11 Å². The molecule has 0 atom stereocenters. The van der Waals surface area contributed by atoms with Crippen molar-refractivity contribution in [2.45, 2.75) is 38.0 Å². The van der Waals surface area contributed by atoms with Crippen molar-refractivity contribution in [3.63, 3.8) is 0 Å². The Morgan fingerprint density at radius 3 is 2.06 bits per heavy atom. The fourth-order valence-corrected chi connectivity index (χ4v) is 2.39. The molecule has 0 bridgehead atoms. The molecule has 0 aromatic heterocycles. The molecule has 1 aromatic rings. The van der Waals surface area contributed by atoms with Crippen LogP contribution in [-0.4, -0.2) is 25.6 Å². The van der Waals surface area contributed by atoms with E-state index in [4.69, 9.17) is 0 Å². The summed E-state index contributed by atoms with van der Waals surface area (Å²) in [6.07, 6.45) is 1.01. The SMILES string of the molecule is CC(=O)c1cc(C(C)(C)C)cc(S(C)(=O)=O)c1O. The number of phenols is 1. The molecule has 0 aliphatic heterocycles. The Morgan fingerprint density at radius 1 is 1.22 bits per heavy atom. The summed E-state index contributed by atoms with van der Waals surface area (Å²) in [4.78, 5) is 11.3. The monoisotopic (exact) mass is 270 g/mol. The number of aromatic hydroxyl groups is 1. The molecular formula is C13H18O4S. The molecule has 0 aliphatic carbocycles. The van der Waals surface area contributed by atoms with Gasteiger partial charge in [-0.05, 0) is 30.0 Å². The molecule has 1 rings (SSSR count). The Balaban J connectivity index is 3.74. The molecule has 1 aromatic carbocycles. The number of ketones is 1. The molecule has 5 heteroatoms. The number of phenolic OH excluding ortho intramolecular Hbond substituents is 1. The van der Waals surface area contributed by atoms with E-state index in [1.165, 1.54) is 13.0 Å². The van der Waals surface area contributed by atoms with Gasteiger partial charge in [0.05, 0.1) is 5.56 Å². The fourth-order valence-electron chi connectivity index (χ4n) is 1.59. The van der Waals surface area contributed by atoms with E-state index < -0.39 is 15.6 Å². The third kappa shape index (κ3) is 2.90. The zero-order valence-electron chi connectivity index (χ0n) is 11.2. The Bertz CT molecular complexity index is 592. The normalized spacial score (nSPS) is 12.5. The van der Waals surface area contributed by atoms with Gasteiger partial charge in [0.15, 0.2) is 15.6 Å². The number of Topliss-reactive ketones (excluding diaryl/α,β-unsaturated/α-hetero) is 1. The Morgan fingerprint density at radius 2 is 1.72 bits per heavy atom. The van der Waals surface area contributed by atoms with Crippen molar-refractivity contribution in [1.29, 1.82) is 0 Å². The quantitative estimate of drug-likeness (QED) is 0.837. The van der Waals surface area contributed by atoms with E-state index in [2.05, 4.69) is 0 Å². The molecule has 1 N–H and O–H groups in total. The molecule has 0 aliphatic rings. The minimum Gasteiger partial charge on any atom is -0.506 e. The Labute approximate surface area is 108 Å². The van der Waals surface area contributed by atoms with Crippen LogP contribution in [0.1, 0.15) is 43.6 Å². The molecular weight excluding hydrogens is 252 g/mol. The van der Waals surface area contributed by atoms with Crippen molar-refractivity contribution in [2.24, 2.45) is 0 Å². The predicted octanol–water partition coefficient (Wildman–Crippen LogP) is 2.30. The minimum absolute atomic E-state index is 0.0443. The van der Waals surface area contributed by atoms with Crippen molar-refractivity contribution in [3.05, 3.63) is 23.3 Å². The highest BCUT2D eigenvalue weighted by molar-refractivity contribution is 7.90. The maximum absolute atomic E-state index is 11.6. The zero-order chi connectivity index (χ0) is 14.3. The van der Waals surface area contributed by atoms with Crippen molar-refractivity contribution < 1.29 is 18.3 Å². The summed E-state index contributed by atoms with van der Waals surface area (Å²) in [7, 11) is -3.57. The molecule has 4 nitrogen and oxygen atoms in total. The van der Waals surface area contributed by atoms with Crippen LogP contribution in [0.4, 0.5) is 0 Å². The lowest BCUT2D eigenvalue weighted by Crippen LogP contribution is -2.14. The molecule has 0 heterocycles. The van der Waals surface area contributed by atoms with Gasteiger partial charge in [-0.15, -0.1) is 0 Å². The fraction of sp³-hybridized carbons (Fsp3) is 0.462. The maximum atomic E-state index is 11.6. The summed E-state index contributed by atoms with van der Waals surface area (Å²) in [5.41, 5.74) is 0.436. The van der Waals surface area contributed by atoms with Crippen LogP contribution < -0.4 is 0 Å². The van der Waals surface area contributed by atoms with Gasteiger partial charge in [-0.3, -0.25) is 4.79 Å². The Hall–Kier alpha value is -1.36. The topological polar surface area (TPSA) is 71.4 Å². The summed E-state index contributed by atoms with van der Waals surface area (Å²) in [6, 6.07) is 2.98. The summed E-state index contributed by atoms with van der Waals surface area (Å²) < 4.78 is 23.3. The number of benzene rings is 1. The van der Waals surface area contributed by atoms with Crippen molar-refractivity contribution in [2.75, 3.05) is 6.26 Å². The first-order chi connectivity index (χ1) is 7.94. The van der Waals surface area contributed by atoms with E-state index in [0.717, 1.165) is 6.26 Å². The lowest BCUT2D eigenvalue weighted by Gasteiger charge is -2.21. The highest BCUT2D eigenvalue weighted by atomic mass is 32.2. The first-order valence-corrected chi connectivity index (χ1v) is 7.42. The number of carbonyl (C=O) groups is 1. The van der Waals surface area contributed by atoms with E-state index in [-0.39, 0.29) is 21.7 Å². The summed E-state index contributed by atoms with van der Waals surface area (Å²) >= 11 is 0. The molecule has 0 radical (unpaired) electrons. The van der Waals surface area contributed by atoms with Crippen molar-refractivity contribution in [3.8, 4) is 5.75 Å². The molecule has 100 valence electrons. The van der Waals surface area contributed by atoms with E-state index in [9.17, 15) is 18.3 Å². The molecule has 0 unspecified atom stereocenters. The van der Waals surface area contributed by atoms with Crippen LogP contribution in [0, 0.1) is 0 Å². The van der Waals surface area contributed by atoms with Crippen molar-refractivity contribution >= 4 is 15.6 Å². The lowest BCUT2D eigenvalue weighted by molar-refractivity contribution is 0.101. The average molecular weight is 270 g/mol. The van der Waals surface area contributed by atoms with E-state index in [0.29, 0.717) is 5.56 Å². The standard InChI is InChI=1S/C13H18O4S/c1-8(14)10-6-9(13(2,3)4)7-11(12(10)15)18(5,16)17/h6-7,15H,1-5H3. The summed E-state index contributed by atoms with van der Waals surface area (Å²) in [5.74, 6) is -0.818. The van der Waals surface area contributed by atoms with Gasteiger partial charge in [0.25, 0.3) is 0 Å². The van der Waals surface area contributed by atoms with Crippen molar-refractivity contribution in [1.82, 2.24) is 0 Å². The van der Waals surface area contributed by atoms with Gasteiger partial charge in [0, 0.05) is 6.26 Å². The number of hydrogen-bond donors (Lipinski definition) is 1. The van der Waals surface area contributed by atoms with E-state index >= 15 is 0 Å². The van der Waals surface area contributed by atoms with Gasteiger partial charge in [0.2, 0.25) is 0 Å². The second-order valence-corrected chi connectivity index (χ2v) is 7.43. The molecule has 0 fully saturated rings. The highest BCUT2D eigenvalue weighted by Gasteiger charge is 2.24. The van der Waals surface area contributed by atoms with Gasteiger partial charge in [-0.1, -0.05) is 20.8 Å². The number of hydrogen-bond acceptors (Lipinski definition) is 4. The smallest absolute Gasteiger partial charge is 0.179 e. The summed E-state index contributed by atoms with van der Waals surface area (Å²) in [5, 5.41) is 9.89. The van der Waals surface area contributed by atoms with Crippen LogP contribution in [-0.2, 0) is 15.3 Å². The zero-order valence-corrected chi connectivity index (χ0v) is 12.1. The highest BCUT2D eigenvalue weighted by Crippen LogP contribution is 2.33.